The largest absolute Gasteiger partial charge is 0.508 e. The number of phenols is 1. The number of phenolic OH excluding ortho intramolecular Hbond substituents is 1. The molecule has 26 heavy (non-hydrogen) atoms. The van der Waals surface area contributed by atoms with Gasteiger partial charge in [-0.3, -0.25) is 4.79 Å². The predicted molar refractivity (Wildman–Crippen MR) is 101 cm³/mol. The first-order valence-corrected chi connectivity index (χ1v) is 9.30. The van der Waals surface area contributed by atoms with E-state index in [1.54, 1.807) is 24.3 Å². The molecule has 6 nitrogen and oxygen atoms in total. The summed E-state index contributed by atoms with van der Waals surface area (Å²) in [6.45, 7) is 4.96. The van der Waals surface area contributed by atoms with Gasteiger partial charge in [-0.1, -0.05) is 45.2 Å². The molecule has 2 rings (SSSR count). The third-order valence-electron chi connectivity index (χ3n) is 4.56. The molecule has 0 saturated heterocycles. The molecule has 4 N–H and O–H groups in total. The number of unbranched alkanes of at least 4 members (excludes halogenated alkanes) is 1. The Morgan fingerprint density at radius 1 is 1.31 bits per heavy atom. The number of aromatic hydroxyl groups is 1. The van der Waals surface area contributed by atoms with Gasteiger partial charge >= 0.3 is 0 Å². The molecule has 0 saturated carbocycles. The Bertz CT molecular complexity index is 682. The smallest absolute Gasteiger partial charge is 0.273 e. The van der Waals surface area contributed by atoms with Gasteiger partial charge in [0.2, 0.25) is 5.89 Å². The molecule has 0 aliphatic carbocycles. The molecule has 2 unspecified atom stereocenters. The third kappa shape index (κ3) is 5.88. The molecule has 0 fully saturated rings. The average molecular weight is 359 g/mol. The zero-order valence-electron chi connectivity index (χ0n) is 15.6. The van der Waals surface area contributed by atoms with E-state index in [2.05, 4.69) is 24.1 Å². The van der Waals surface area contributed by atoms with Crippen molar-refractivity contribution in [2.75, 3.05) is 6.54 Å². The normalized spacial score (nSPS) is 13.3. The number of nitrogens with one attached hydrogen (secondary N) is 1. The zero-order chi connectivity index (χ0) is 18.9. The molecule has 0 radical (unpaired) electrons. The molecule has 0 aliphatic rings. The van der Waals surface area contributed by atoms with E-state index >= 15 is 0 Å². The lowest BCUT2D eigenvalue weighted by molar-refractivity contribution is 0.0940. The van der Waals surface area contributed by atoms with E-state index in [1.807, 2.05) is 0 Å². The molecule has 2 atom stereocenters. The number of rotatable bonds is 10. The second-order valence-electron chi connectivity index (χ2n) is 6.67. The Morgan fingerprint density at radius 3 is 2.69 bits per heavy atom. The van der Waals surface area contributed by atoms with Crippen molar-refractivity contribution in [2.24, 2.45) is 11.7 Å². The number of aromatic nitrogens is 1. The Morgan fingerprint density at radius 2 is 2.04 bits per heavy atom. The fourth-order valence-electron chi connectivity index (χ4n) is 2.81. The van der Waals surface area contributed by atoms with Crippen LogP contribution in [0.25, 0.3) is 0 Å². The highest BCUT2D eigenvalue weighted by atomic mass is 16.3. The molecular weight excluding hydrogens is 330 g/mol. The number of hydrogen-bond donors (Lipinski definition) is 3. The van der Waals surface area contributed by atoms with Crippen LogP contribution < -0.4 is 11.1 Å². The van der Waals surface area contributed by atoms with Crippen molar-refractivity contribution >= 4 is 5.91 Å². The maximum atomic E-state index is 12.3. The summed E-state index contributed by atoms with van der Waals surface area (Å²) < 4.78 is 5.40. The minimum Gasteiger partial charge on any atom is -0.508 e. The Balaban J connectivity index is 1.89. The van der Waals surface area contributed by atoms with Gasteiger partial charge in [0.25, 0.3) is 5.91 Å². The summed E-state index contributed by atoms with van der Waals surface area (Å²) in [5.41, 5.74) is 7.34. The summed E-state index contributed by atoms with van der Waals surface area (Å²) in [5, 5.41) is 12.3. The number of nitrogens with two attached hydrogens (primary N) is 1. The molecule has 0 aliphatic heterocycles. The highest BCUT2D eigenvalue weighted by Gasteiger charge is 2.18. The number of nitrogens with zero attached hydrogens (tertiary/aromatic N) is 1. The Kier molecular flexibility index (Phi) is 7.66. The number of hydrogen-bond acceptors (Lipinski definition) is 5. The molecular formula is C20H29N3O3. The quantitative estimate of drug-likeness (QED) is 0.602. The van der Waals surface area contributed by atoms with Crippen molar-refractivity contribution in [1.29, 1.82) is 0 Å². The average Bonchev–Trinajstić information content (AvgIpc) is 3.14. The molecule has 6 heteroatoms. The summed E-state index contributed by atoms with van der Waals surface area (Å²) in [4.78, 5) is 16.5. The summed E-state index contributed by atoms with van der Waals surface area (Å²) in [6.07, 6.45) is 6.37. The summed E-state index contributed by atoms with van der Waals surface area (Å²) in [7, 11) is 0. The number of oxazole rings is 1. The van der Waals surface area contributed by atoms with Crippen LogP contribution in [-0.4, -0.2) is 22.5 Å². The van der Waals surface area contributed by atoms with Gasteiger partial charge in [-0.05, 0) is 36.5 Å². The van der Waals surface area contributed by atoms with Crippen LogP contribution in [0.3, 0.4) is 0 Å². The summed E-state index contributed by atoms with van der Waals surface area (Å²) in [6, 6.07) is 6.37. The number of benzene rings is 1. The van der Waals surface area contributed by atoms with E-state index in [0.29, 0.717) is 24.8 Å². The second kappa shape index (κ2) is 9.97. The van der Waals surface area contributed by atoms with Gasteiger partial charge in [0.1, 0.15) is 12.0 Å². The van der Waals surface area contributed by atoms with Crippen molar-refractivity contribution in [2.45, 2.75) is 52.0 Å². The maximum absolute atomic E-state index is 12.3. The SMILES string of the molecule is CCCCC(CC)CNC(=O)c1coc(C(N)Cc2ccc(O)cc2)n1. The van der Waals surface area contributed by atoms with Crippen molar-refractivity contribution < 1.29 is 14.3 Å². The molecule has 2 aromatic rings. The lowest BCUT2D eigenvalue weighted by Gasteiger charge is -2.14. The van der Waals surface area contributed by atoms with Crippen LogP contribution in [0, 0.1) is 5.92 Å². The van der Waals surface area contributed by atoms with Gasteiger partial charge in [0, 0.05) is 6.54 Å². The molecule has 1 aromatic carbocycles. The number of carbonyl (C=O) groups excluding carboxylic acids is 1. The first kappa shape index (κ1) is 20.0. The van der Waals surface area contributed by atoms with Gasteiger partial charge in [0.15, 0.2) is 5.69 Å². The Hall–Kier alpha value is -2.34. The van der Waals surface area contributed by atoms with Gasteiger partial charge in [-0.15, -0.1) is 0 Å². The fourth-order valence-corrected chi connectivity index (χ4v) is 2.81. The van der Waals surface area contributed by atoms with Gasteiger partial charge < -0.3 is 20.6 Å². The topological polar surface area (TPSA) is 101 Å². The van der Waals surface area contributed by atoms with E-state index in [1.165, 1.54) is 12.7 Å². The molecule has 0 bridgehead atoms. The molecule has 0 spiro atoms. The zero-order valence-corrected chi connectivity index (χ0v) is 15.6. The van der Waals surface area contributed by atoms with Gasteiger partial charge in [-0.2, -0.15) is 0 Å². The van der Waals surface area contributed by atoms with Crippen molar-refractivity contribution in [1.82, 2.24) is 10.3 Å². The van der Waals surface area contributed by atoms with Crippen molar-refractivity contribution in [3.8, 4) is 5.75 Å². The van der Waals surface area contributed by atoms with E-state index in [9.17, 15) is 9.90 Å². The maximum Gasteiger partial charge on any atom is 0.273 e. The van der Waals surface area contributed by atoms with Crippen molar-refractivity contribution in [3.63, 3.8) is 0 Å². The van der Waals surface area contributed by atoms with E-state index in [0.717, 1.165) is 24.8 Å². The summed E-state index contributed by atoms with van der Waals surface area (Å²) in [5.74, 6) is 0.803. The van der Waals surface area contributed by atoms with Crippen LogP contribution in [0.15, 0.2) is 34.9 Å². The first-order valence-electron chi connectivity index (χ1n) is 9.30. The predicted octanol–water partition coefficient (Wildman–Crippen LogP) is 3.57. The van der Waals surface area contributed by atoms with Crippen LogP contribution in [0.1, 0.15) is 67.5 Å². The standard InChI is InChI=1S/C20H29N3O3/c1-3-5-6-14(4-2)12-22-19(25)18-13-26-20(23-18)17(21)11-15-7-9-16(24)10-8-15/h7-10,13-14,17,24H,3-6,11-12,21H2,1-2H3,(H,22,25). The van der Waals surface area contributed by atoms with Gasteiger partial charge in [-0.25, -0.2) is 4.98 Å². The highest BCUT2D eigenvalue weighted by Crippen LogP contribution is 2.18. The van der Waals surface area contributed by atoms with Crippen LogP contribution >= 0.6 is 0 Å². The number of amides is 1. The van der Waals surface area contributed by atoms with Crippen LogP contribution in [0.4, 0.5) is 0 Å². The highest BCUT2D eigenvalue weighted by molar-refractivity contribution is 5.91. The van der Waals surface area contributed by atoms with E-state index in [4.69, 9.17) is 10.2 Å². The van der Waals surface area contributed by atoms with Crippen LogP contribution in [0.2, 0.25) is 0 Å². The lowest BCUT2D eigenvalue weighted by Crippen LogP contribution is -2.29. The lowest BCUT2D eigenvalue weighted by atomic mass is 9.99. The monoisotopic (exact) mass is 359 g/mol. The molecule has 1 aromatic heterocycles. The molecule has 1 amide bonds. The minimum absolute atomic E-state index is 0.210. The summed E-state index contributed by atoms with van der Waals surface area (Å²) >= 11 is 0. The van der Waals surface area contributed by atoms with E-state index in [-0.39, 0.29) is 17.4 Å². The Labute approximate surface area is 154 Å². The molecule has 142 valence electrons. The van der Waals surface area contributed by atoms with Gasteiger partial charge in [0.05, 0.1) is 6.04 Å². The van der Waals surface area contributed by atoms with Crippen LogP contribution in [0.5, 0.6) is 5.75 Å². The molecule has 1 heterocycles. The van der Waals surface area contributed by atoms with Crippen LogP contribution in [-0.2, 0) is 6.42 Å². The second-order valence-corrected chi connectivity index (χ2v) is 6.67. The third-order valence-corrected chi connectivity index (χ3v) is 4.56. The minimum atomic E-state index is -0.450. The number of carbonyl (C=O) groups is 1. The fraction of sp³-hybridized carbons (Fsp3) is 0.500. The van der Waals surface area contributed by atoms with Crippen molar-refractivity contribution in [3.05, 3.63) is 47.7 Å². The first-order chi connectivity index (χ1) is 12.5. The van der Waals surface area contributed by atoms with E-state index < -0.39 is 6.04 Å².